The van der Waals surface area contributed by atoms with E-state index in [1.54, 1.807) is 0 Å². The number of rotatable bonds is 5. The fourth-order valence-corrected chi connectivity index (χ4v) is 1.81. The van der Waals surface area contributed by atoms with Gasteiger partial charge in [-0.05, 0) is 12.1 Å². The van der Waals surface area contributed by atoms with E-state index >= 15 is 0 Å². The molecule has 2 heterocycles. The predicted molar refractivity (Wildman–Crippen MR) is 87.4 cm³/mol. The first-order valence-electron chi connectivity index (χ1n) is 6.79. The summed E-state index contributed by atoms with van der Waals surface area (Å²) in [6.07, 6.45) is 2.51. The summed E-state index contributed by atoms with van der Waals surface area (Å²) in [6, 6.07) is 3.85. The quantitative estimate of drug-likeness (QED) is 0.619. The van der Waals surface area contributed by atoms with Crippen LogP contribution in [0.25, 0.3) is 0 Å². The number of esters is 2. The van der Waals surface area contributed by atoms with Gasteiger partial charge in [-0.2, -0.15) is 0 Å². The summed E-state index contributed by atoms with van der Waals surface area (Å²) in [6.45, 7) is 1.13. The van der Waals surface area contributed by atoms with Gasteiger partial charge in [0.05, 0.1) is 10.0 Å². The van der Waals surface area contributed by atoms with Gasteiger partial charge in [-0.25, -0.2) is 19.6 Å². The van der Waals surface area contributed by atoms with Crippen molar-refractivity contribution >= 4 is 41.0 Å². The standard InChI is InChI=1S/C15H11Cl2N3O5/c1-8(21)20-13(14(22)24-11-4-2-9(16)6-18-11)15(23)25-12-5-3-10(17)7-19-12/h2-7,13H,1H3,(H,20,21). The lowest BCUT2D eigenvalue weighted by molar-refractivity contribution is -0.150. The van der Waals surface area contributed by atoms with Gasteiger partial charge in [0.2, 0.25) is 23.7 Å². The minimum Gasteiger partial charge on any atom is -0.405 e. The first-order chi connectivity index (χ1) is 11.8. The molecule has 0 saturated heterocycles. The summed E-state index contributed by atoms with van der Waals surface area (Å²) in [7, 11) is 0. The Morgan fingerprint density at radius 3 is 1.68 bits per heavy atom. The Kier molecular flexibility index (Phi) is 6.26. The van der Waals surface area contributed by atoms with Gasteiger partial charge in [-0.1, -0.05) is 23.2 Å². The second-order valence-electron chi connectivity index (χ2n) is 4.61. The lowest BCUT2D eigenvalue weighted by atomic mass is 10.3. The minimum atomic E-state index is -1.70. The van der Waals surface area contributed by atoms with E-state index in [-0.39, 0.29) is 11.8 Å². The number of hydrogen-bond acceptors (Lipinski definition) is 7. The number of pyridine rings is 2. The molecule has 2 aromatic heterocycles. The van der Waals surface area contributed by atoms with Crippen molar-refractivity contribution in [2.24, 2.45) is 0 Å². The summed E-state index contributed by atoms with van der Waals surface area (Å²) in [5, 5.41) is 2.83. The van der Waals surface area contributed by atoms with Crippen molar-refractivity contribution in [2.75, 3.05) is 0 Å². The van der Waals surface area contributed by atoms with E-state index in [4.69, 9.17) is 32.7 Å². The number of aromatic nitrogens is 2. The zero-order valence-corrected chi connectivity index (χ0v) is 14.2. The van der Waals surface area contributed by atoms with Crippen molar-refractivity contribution in [1.82, 2.24) is 15.3 Å². The fraction of sp³-hybridized carbons (Fsp3) is 0.133. The molecule has 0 fully saturated rings. The molecule has 0 spiro atoms. The average molecular weight is 384 g/mol. The van der Waals surface area contributed by atoms with E-state index in [0.717, 1.165) is 6.92 Å². The van der Waals surface area contributed by atoms with Crippen LogP contribution >= 0.6 is 23.2 Å². The second kappa shape index (κ2) is 8.41. The van der Waals surface area contributed by atoms with Gasteiger partial charge in [0, 0.05) is 31.5 Å². The highest BCUT2D eigenvalue weighted by Gasteiger charge is 2.32. The molecule has 130 valence electrons. The van der Waals surface area contributed by atoms with Gasteiger partial charge in [-0.3, -0.25) is 4.79 Å². The highest BCUT2D eigenvalue weighted by Crippen LogP contribution is 2.14. The van der Waals surface area contributed by atoms with Gasteiger partial charge < -0.3 is 14.8 Å². The molecule has 0 radical (unpaired) electrons. The normalized spacial score (nSPS) is 10.2. The molecule has 2 aromatic rings. The van der Waals surface area contributed by atoms with Gasteiger partial charge in [-0.15, -0.1) is 0 Å². The maximum Gasteiger partial charge on any atom is 0.347 e. The van der Waals surface area contributed by atoms with Crippen LogP contribution in [0.1, 0.15) is 6.92 Å². The van der Waals surface area contributed by atoms with Gasteiger partial charge >= 0.3 is 11.9 Å². The Bertz CT molecular complexity index is 721. The first kappa shape index (κ1) is 18.6. The number of amides is 1. The summed E-state index contributed by atoms with van der Waals surface area (Å²) in [4.78, 5) is 43.1. The number of hydrogen-bond donors (Lipinski definition) is 1. The van der Waals surface area contributed by atoms with Crippen LogP contribution in [0.3, 0.4) is 0 Å². The molecule has 0 bridgehead atoms. The van der Waals surface area contributed by atoms with Crippen molar-refractivity contribution in [3.05, 3.63) is 46.7 Å². The van der Waals surface area contributed by atoms with Gasteiger partial charge in [0.25, 0.3) is 0 Å². The van der Waals surface area contributed by atoms with Crippen molar-refractivity contribution in [2.45, 2.75) is 13.0 Å². The summed E-state index contributed by atoms with van der Waals surface area (Å²) >= 11 is 11.4. The molecule has 1 amide bonds. The molecule has 0 unspecified atom stereocenters. The molecule has 1 N–H and O–H groups in total. The molecule has 0 atom stereocenters. The minimum absolute atomic E-state index is 0.0952. The van der Waals surface area contributed by atoms with Crippen LogP contribution in [0.5, 0.6) is 11.8 Å². The molecule has 10 heteroatoms. The third-order valence-corrected chi connectivity index (χ3v) is 3.08. The zero-order valence-electron chi connectivity index (χ0n) is 12.7. The van der Waals surface area contributed by atoms with Crippen molar-refractivity contribution in [3.63, 3.8) is 0 Å². The van der Waals surface area contributed by atoms with E-state index in [0.29, 0.717) is 10.0 Å². The summed E-state index contributed by atoms with van der Waals surface area (Å²) < 4.78 is 9.89. The van der Waals surface area contributed by atoms with Crippen LogP contribution in [0.2, 0.25) is 10.0 Å². The number of carbonyl (C=O) groups is 3. The molecular weight excluding hydrogens is 373 g/mol. The molecular formula is C15H11Cl2N3O5. The Hall–Kier alpha value is -2.71. The predicted octanol–water partition coefficient (Wildman–Crippen LogP) is 1.80. The van der Waals surface area contributed by atoms with Crippen molar-refractivity contribution in [1.29, 1.82) is 0 Å². The summed E-state index contributed by atoms with van der Waals surface area (Å²) in [5.41, 5.74) is 0. The van der Waals surface area contributed by atoms with Gasteiger partial charge in [0.1, 0.15) is 0 Å². The number of nitrogens with zero attached hydrogens (tertiary/aromatic N) is 2. The van der Waals surface area contributed by atoms with E-state index in [1.807, 2.05) is 0 Å². The van der Waals surface area contributed by atoms with Crippen LogP contribution in [0.4, 0.5) is 0 Å². The van der Waals surface area contributed by atoms with Crippen LogP contribution in [0, 0.1) is 0 Å². The Morgan fingerprint density at radius 1 is 0.920 bits per heavy atom. The van der Waals surface area contributed by atoms with Crippen LogP contribution < -0.4 is 14.8 Å². The lowest BCUT2D eigenvalue weighted by Gasteiger charge is -2.14. The zero-order chi connectivity index (χ0) is 18.4. The number of halogens is 2. The number of carbonyl (C=O) groups excluding carboxylic acids is 3. The van der Waals surface area contributed by atoms with E-state index < -0.39 is 23.9 Å². The molecule has 0 aliphatic rings. The van der Waals surface area contributed by atoms with E-state index in [2.05, 4.69) is 15.3 Å². The summed E-state index contributed by atoms with van der Waals surface area (Å²) in [5.74, 6) is -2.98. The Morgan fingerprint density at radius 2 is 1.36 bits per heavy atom. The number of ether oxygens (including phenoxy) is 2. The second-order valence-corrected chi connectivity index (χ2v) is 5.48. The average Bonchev–Trinajstić information content (AvgIpc) is 2.56. The van der Waals surface area contributed by atoms with Gasteiger partial charge in [0.15, 0.2) is 0 Å². The molecule has 8 nitrogen and oxygen atoms in total. The first-order valence-corrected chi connectivity index (χ1v) is 7.54. The lowest BCUT2D eigenvalue weighted by Crippen LogP contribution is -2.49. The maximum absolute atomic E-state index is 12.2. The highest BCUT2D eigenvalue weighted by atomic mass is 35.5. The third-order valence-electron chi connectivity index (χ3n) is 2.63. The number of nitrogens with one attached hydrogen (secondary N) is 1. The molecule has 0 aromatic carbocycles. The van der Waals surface area contributed by atoms with Crippen molar-refractivity contribution < 1.29 is 23.9 Å². The molecule has 2 rings (SSSR count). The molecule has 0 saturated carbocycles. The largest absolute Gasteiger partial charge is 0.405 e. The fourth-order valence-electron chi connectivity index (χ4n) is 1.59. The van der Waals surface area contributed by atoms with Crippen molar-refractivity contribution in [3.8, 4) is 11.8 Å². The topological polar surface area (TPSA) is 107 Å². The monoisotopic (exact) mass is 383 g/mol. The Balaban J connectivity index is 2.11. The molecule has 25 heavy (non-hydrogen) atoms. The highest BCUT2D eigenvalue weighted by molar-refractivity contribution is 6.30. The smallest absolute Gasteiger partial charge is 0.347 e. The van der Waals surface area contributed by atoms with Crippen LogP contribution in [-0.2, 0) is 14.4 Å². The van der Waals surface area contributed by atoms with E-state index in [1.165, 1.54) is 36.7 Å². The SMILES string of the molecule is CC(=O)NC(C(=O)Oc1ccc(Cl)cn1)C(=O)Oc1ccc(Cl)cn1. The maximum atomic E-state index is 12.2. The molecule has 0 aliphatic heterocycles. The van der Waals surface area contributed by atoms with Crippen LogP contribution in [-0.4, -0.2) is 33.9 Å². The van der Waals surface area contributed by atoms with E-state index in [9.17, 15) is 14.4 Å². The molecule has 0 aliphatic carbocycles. The Labute approximate surface area is 152 Å². The van der Waals surface area contributed by atoms with Crippen LogP contribution in [0.15, 0.2) is 36.7 Å². The third kappa shape index (κ3) is 5.70.